The van der Waals surface area contributed by atoms with Gasteiger partial charge in [-0.25, -0.2) is 4.98 Å². The molecule has 4 heteroatoms. The van der Waals surface area contributed by atoms with Gasteiger partial charge in [-0.15, -0.1) is 0 Å². The number of nitrogens with zero attached hydrogens (tertiary/aromatic N) is 1. The number of furan rings is 1. The third-order valence-electron chi connectivity index (χ3n) is 3.78. The largest absolute Gasteiger partial charge is 0.496 e. The van der Waals surface area contributed by atoms with Gasteiger partial charge in [0.25, 0.3) is 0 Å². The molecule has 0 aliphatic heterocycles. The number of hydrogen-bond donors (Lipinski definition) is 1. The third-order valence-corrected chi connectivity index (χ3v) is 3.78. The molecule has 0 spiro atoms. The number of nitrogens with one attached hydrogen (secondary N) is 1. The van der Waals surface area contributed by atoms with Crippen molar-refractivity contribution < 1.29 is 9.15 Å². The zero-order valence-corrected chi connectivity index (χ0v) is 12.0. The number of benzene rings is 1. The van der Waals surface area contributed by atoms with Gasteiger partial charge in [0.15, 0.2) is 0 Å². The van der Waals surface area contributed by atoms with Crippen LogP contribution in [0.1, 0.15) is 0 Å². The Balaban J connectivity index is 1.93. The van der Waals surface area contributed by atoms with Gasteiger partial charge in [-0.2, -0.15) is 0 Å². The Morgan fingerprint density at radius 2 is 2.00 bits per heavy atom. The first-order chi connectivity index (χ1) is 10.9. The number of methoxy groups -OCH3 is 1. The fraction of sp³-hybridized carbons (Fsp3) is 0.0556. The molecule has 4 aromatic rings. The van der Waals surface area contributed by atoms with Gasteiger partial charge in [-0.3, -0.25) is 0 Å². The molecule has 0 bridgehead atoms. The van der Waals surface area contributed by atoms with E-state index in [0.29, 0.717) is 0 Å². The molecule has 4 nitrogen and oxygen atoms in total. The van der Waals surface area contributed by atoms with Crippen molar-refractivity contribution in [3.8, 4) is 28.0 Å². The fourth-order valence-electron chi connectivity index (χ4n) is 2.68. The number of rotatable bonds is 3. The standard InChI is InChI=1S/C18H14N2O2/c1-21-17-5-3-2-4-14(17)16-10-20-18-15(16)8-13(9-19-18)12-6-7-22-11-12/h2-11H,1H3,(H,19,20). The van der Waals surface area contributed by atoms with E-state index in [1.807, 2.05) is 42.7 Å². The van der Waals surface area contributed by atoms with Crippen LogP contribution in [0.2, 0.25) is 0 Å². The van der Waals surface area contributed by atoms with E-state index >= 15 is 0 Å². The summed E-state index contributed by atoms with van der Waals surface area (Å²) < 4.78 is 10.6. The Bertz CT molecular complexity index is 923. The molecule has 0 radical (unpaired) electrons. The van der Waals surface area contributed by atoms with Gasteiger partial charge in [0, 0.05) is 40.0 Å². The summed E-state index contributed by atoms with van der Waals surface area (Å²) in [6, 6.07) is 12.0. The van der Waals surface area contributed by atoms with Crippen LogP contribution < -0.4 is 4.74 Å². The highest BCUT2D eigenvalue weighted by Crippen LogP contribution is 2.35. The van der Waals surface area contributed by atoms with E-state index in [4.69, 9.17) is 9.15 Å². The van der Waals surface area contributed by atoms with E-state index in [0.717, 1.165) is 39.0 Å². The maximum Gasteiger partial charge on any atom is 0.137 e. The van der Waals surface area contributed by atoms with Crippen molar-refractivity contribution in [2.75, 3.05) is 7.11 Å². The van der Waals surface area contributed by atoms with Crippen molar-refractivity contribution in [3.05, 3.63) is 61.3 Å². The van der Waals surface area contributed by atoms with Crippen LogP contribution in [0.5, 0.6) is 5.75 Å². The molecule has 0 unspecified atom stereocenters. The summed E-state index contributed by atoms with van der Waals surface area (Å²) in [6.07, 6.45) is 7.19. The second-order valence-corrected chi connectivity index (χ2v) is 5.03. The predicted octanol–water partition coefficient (Wildman–Crippen LogP) is 4.50. The highest BCUT2D eigenvalue weighted by Gasteiger charge is 2.12. The van der Waals surface area contributed by atoms with Crippen molar-refractivity contribution in [3.63, 3.8) is 0 Å². The maximum absolute atomic E-state index is 5.47. The molecule has 0 fully saturated rings. The van der Waals surface area contributed by atoms with Gasteiger partial charge in [0.1, 0.15) is 11.4 Å². The Kier molecular flexibility index (Phi) is 2.93. The monoisotopic (exact) mass is 290 g/mol. The summed E-state index contributed by atoms with van der Waals surface area (Å²) in [5.74, 6) is 0.845. The predicted molar refractivity (Wildman–Crippen MR) is 85.8 cm³/mol. The first-order valence-electron chi connectivity index (χ1n) is 7.00. The first kappa shape index (κ1) is 12.7. The number of hydrogen-bond acceptors (Lipinski definition) is 3. The Morgan fingerprint density at radius 3 is 2.82 bits per heavy atom. The molecule has 3 aromatic heterocycles. The van der Waals surface area contributed by atoms with Crippen molar-refractivity contribution in [2.45, 2.75) is 0 Å². The van der Waals surface area contributed by atoms with E-state index in [-0.39, 0.29) is 0 Å². The lowest BCUT2D eigenvalue weighted by Crippen LogP contribution is -1.87. The van der Waals surface area contributed by atoms with Crippen LogP contribution in [0, 0.1) is 0 Å². The molecule has 0 atom stereocenters. The highest BCUT2D eigenvalue weighted by molar-refractivity contribution is 5.97. The van der Waals surface area contributed by atoms with Crippen molar-refractivity contribution >= 4 is 11.0 Å². The third kappa shape index (κ3) is 1.97. The van der Waals surface area contributed by atoms with Crippen LogP contribution >= 0.6 is 0 Å². The number of pyridine rings is 1. The zero-order chi connectivity index (χ0) is 14.9. The fourth-order valence-corrected chi connectivity index (χ4v) is 2.68. The summed E-state index contributed by atoms with van der Waals surface area (Å²) in [7, 11) is 1.68. The Hall–Kier alpha value is -3.01. The van der Waals surface area contributed by atoms with Gasteiger partial charge < -0.3 is 14.1 Å². The van der Waals surface area contributed by atoms with Crippen LogP contribution in [0.3, 0.4) is 0 Å². The molecule has 108 valence electrons. The van der Waals surface area contributed by atoms with E-state index in [1.54, 1.807) is 19.6 Å². The quantitative estimate of drug-likeness (QED) is 0.604. The van der Waals surface area contributed by atoms with Gasteiger partial charge in [0.2, 0.25) is 0 Å². The topological polar surface area (TPSA) is 51.0 Å². The summed E-state index contributed by atoms with van der Waals surface area (Å²) in [6.45, 7) is 0. The molecule has 4 rings (SSSR count). The van der Waals surface area contributed by atoms with Gasteiger partial charge >= 0.3 is 0 Å². The van der Waals surface area contributed by atoms with Crippen molar-refractivity contribution in [1.29, 1.82) is 0 Å². The van der Waals surface area contributed by atoms with E-state index in [1.165, 1.54) is 0 Å². The average molecular weight is 290 g/mol. The molecule has 22 heavy (non-hydrogen) atoms. The molecule has 0 amide bonds. The zero-order valence-electron chi connectivity index (χ0n) is 12.0. The highest BCUT2D eigenvalue weighted by atomic mass is 16.5. The van der Waals surface area contributed by atoms with Gasteiger partial charge in [-0.1, -0.05) is 18.2 Å². The average Bonchev–Trinajstić information content (AvgIpc) is 3.23. The van der Waals surface area contributed by atoms with Crippen LogP contribution in [-0.4, -0.2) is 17.1 Å². The summed E-state index contributed by atoms with van der Waals surface area (Å²) in [4.78, 5) is 7.72. The first-order valence-corrected chi connectivity index (χ1v) is 7.00. The second-order valence-electron chi connectivity index (χ2n) is 5.03. The normalized spacial score (nSPS) is 11.0. The molecule has 1 aromatic carbocycles. The van der Waals surface area contributed by atoms with E-state index < -0.39 is 0 Å². The van der Waals surface area contributed by atoms with E-state index in [2.05, 4.69) is 16.0 Å². The Labute approximate surface area is 127 Å². The molecule has 0 aliphatic carbocycles. The number of aromatic nitrogens is 2. The molecular formula is C18H14N2O2. The number of aromatic amines is 1. The number of H-pyrrole nitrogens is 1. The van der Waals surface area contributed by atoms with E-state index in [9.17, 15) is 0 Å². The van der Waals surface area contributed by atoms with Crippen molar-refractivity contribution in [1.82, 2.24) is 9.97 Å². The SMILES string of the molecule is COc1ccccc1-c1c[nH]c2ncc(-c3ccoc3)cc12. The molecule has 0 saturated heterocycles. The number of ether oxygens (including phenoxy) is 1. The van der Waals surface area contributed by atoms with Gasteiger partial charge in [-0.05, 0) is 18.2 Å². The lowest BCUT2D eigenvalue weighted by Gasteiger charge is -2.07. The molecule has 0 aliphatic rings. The van der Waals surface area contributed by atoms with Crippen LogP contribution in [0.25, 0.3) is 33.3 Å². The minimum atomic E-state index is 0.845. The van der Waals surface area contributed by atoms with Gasteiger partial charge in [0.05, 0.1) is 19.6 Å². The molecule has 1 N–H and O–H groups in total. The smallest absolute Gasteiger partial charge is 0.137 e. The summed E-state index contributed by atoms with van der Waals surface area (Å²) >= 11 is 0. The Morgan fingerprint density at radius 1 is 1.09 bits per heavy atom. The minimum Gasteiger partial charge on any atom is -0.496 e. The molecule has 3 heterocycles. The van der Waals surface area contributed by atoms with Crippen LogP contribution in [0.15, 0.2) is 65.7 Å². The minimum absolute atomic E-state index is 0.845. The summed E-state index contributed by atoms with van der Waals surface area (Å²) in [5, 5.41) is 1.06. The summed E-state index contributed by atoms with van der Waals surface area (Å²) in [5.41, 5.74) is 5.01. The lowest BCUT2D eigenvalue weighted by molar-refractivity contribution is 0.416. The van der Waals surface area contributed by atoms with Crippen LogP contribution in [0.4, 0.5) is 0 Å². The van der Waals surface area contributed by atoms with Crippen LogP contribution in [-0.2, 0) is 0 Å². The molecule has 0 saturated carbocycles. The molecular weight excluding hydrogens is 276 g/mol. The number of para-hydroxylation sites is 1. The van der Waals surface area contributed by atoms with Crippen molar-refractivity contribution in [2.24, 2.45) is 0 Å². The second kappa shape index (κ2) is 5.07. The maximum atomic E-state index is 5.47. The number of fused-ring (bicyclic) bond motifs is 1. The lowest BCUT2D eigenvalue weighted by atomic mass is 10.0.